The lowest BCUT2D eigenvalue weighted by Crippen LogP contribution is -2.10. The molecule has 0 aliphatic heterocycles. The fourth-order valence-corrected chi connectivity index (χ4v) is 1.95. The standard InChI is InChI=1S/C15H13N3O2/c1-18-10-12(9-16-18)11-4-2-5-13(8-11)17-15(19)14-6-3-7-20-14/h2-10H,1H3,(H,17,19). The van der Waals surface area contributed by atoms with Gasteiger partial charge >= 0.3 is 0 Å². The van der Waals surface area contributed by atoms with Gasteiger partial charge in [0.05, 0.1) is 12.5 Å². The molecule has 20 heavy (non-hydrogen) atoms. The Hall–Kier alpha value is -2.82. The van der Waals surface area contributed by atoms with Crippen LogP contribution in [0.15, 0.2) is 59.5 Å². The van der Waals surface area contributed by atoms with Crippen LogP contribution in [0.4, 0.5) is 5.69 Å². The van der Waals surface area contributed by atoms with Crippen LogP contribution in [0.5, 0.6) is 0 Å². The van der Waals surface area contributed by atoms with Crippen LogP contribution < -0.4 is 5.32 Å². The first-order valence-corrected chi connectivity index (χ1v) is 6.16. The Kier molecular flexibility index (Phi) is 3.09. The van der Waals surface area contributed by atoms with Gasteiger partial charge in [0, 0.05) is 24.5 Å². The highest BCUT2D eigenvalue weighted by molar-refractivity contribution is 6.02. The molecule has 1 N–H and O–H groups in total. The van der Waals surface area contributed by atoms with Gasteiger partial charge in [0.1, 0.15) is 0 Å². The lowest BCUT2D eigenvalue weighted by Gasteiger charge is -2.05. The number of amides is 1. The summed E-state index contributed by atoms with van der Waals surface area (Å²) in [5, 5.41) is 6.94. The number of anilines is 1. The molecule has 0 radical (unpaired) electrons. The molecule has 3 rings (SSSR count). The third-order valence-corrected chi connectivity index (χ3v) is 2.90. The Morgan fingerprint density at radius 1 is 1.25 bits per heavy atom. The molecule has 0 atom stereocenters. The minimum absolute atomic E-state index is 0.265. The fraction of sp³-hybridized carbons (Fsp3) is 0.0667. The van der Waals surface area contributed by atoms with Crippen molar-refractivity contribution >= 4 is 11.6 Å². The highest BCUT2D eigenvalue weighted by Gasteiger charge is 2.09. The largest absolute Gasteiger partial charge is 0.459 e. The van der Waals surface area contributed by atoms with Gasteiger partial charge in [0.25, 0.3) is 5.91 Å². The highest BCUT2D eigenvalue weighted by Crippen LogP contribution is 2.22. The number of aromatic nitrogens is 2. The van der Waals surface area contributed by atoms with Crippen molar-refractivity contribution in [3.05, 3.63) is 60.8 Å². The quantitative estimate of drug-likeness (QED) is 0.793. The van der Waals surface area contributed by atoms with Crippen molar-refractivity contribution in [1.82, 2.24) is 9.78 Å². The van der Waals surface area contributed by atoms with Crippen molar-refractivity contribution in [2.75, 3.05) is 5.32 Å². The second kappa shape index (κ2) is 5.05. The van der Waals surface area contributed by atoms with Crippen LogP contribution in [0.3, 0.4) is 0 Å². The van der Waals surface area contributed by atoms with Crippen molar-refractivity contribution in [2.24, 2.45) is 7.05 Å². The average Bonchev–Trinajstić information content (AvgIpc) is 3.10. The van der Waals surface area contributed by atoms with Crippen LogP contribution in [0, 0.1) is 0 Å². The second-order valence-electron chi connectivity index (χ2n) is 4.41. The lowest BCUT2D eigenvalue weighted by molar-refractivity contribution is 0.0996. The monoisotopic (exact) mass is 267 g/mol. The van der Waals surface area contributed by atoms with E-state index in [0.717, 1.165) is 11.1 Å². The summed E-state index contributed by atoms with van der Waals surface area (Å²) in [6, 6.07) is 10.9. The Bertz CT molecular complexity index is 729. The predicted octanol–water partition coefficient (Wildman–Crippen LogP) is 2.93. The molecule has 5 heteroatoms. The highest BCUT2D eigenvalue weighted by atomic mass is 16.3. The summed E-state index contributed by atoms with van der Waals surface area (Å²) in [4.78, 5) is 11.9. The molecule has 0 bridgehead atoms. The topological polar surface area (TPSA) is 60.1 Å². The van der Waals surface area contributed by atoms with Crippen LogP contribution in [-0.2, 0) is 7.05 Å². The molecule has 2 heterocycles. The predicted molar refractivity (Wildman–Crippen MR) is 75.3 cm³/mol. The van der Waals surface area contributed by atoms with E-state index in [1.54, 1.807) is 23.0 Å². The third kappa shape index (κ3) is 2.47. The van der Waals surface area contributed by atoms with Gasteiger partial charge in [-0.2, -0.15) is 5.10 Å². The first-order valence-electron chi connectivity index (χ1n) is 6.16. The molecule has 100 valence electrons. The molecule has 0 unspecified atom stereocenters. The van der Waals surface area contributed by atoms with E-state index in [9.17, 15) is 4.79 Å². The van der Waals surface area contributed by atoms with Crippen molar-refractivity contribution in [2.45, 2.75) is 0 Å². The van der Waals surface area contributed by atoms with E-state index >= 15 is 0 Å². The summed E-state index contributed by atoms with van der Waals surface area (Å²) in [5.74, 6) is 0.0233. The van der Waals surface area contributed by atoms with Crippen molar-refractivity contribution in [3.8, 4) is 11.1 Å². The van der Waals surface area contributed by atoms with Gasteiger partial charge in [-0.05, 0) is 29.8 Å². The Morgan fingerprint density at radius 2 is 2.15 bits per heavy atom. The zero-order chi connectivity index (χ0) is 13.9. The number of nitrogens with one attached hydrogen (secondary N) is 1. The van der Waals surface area contributed by atoms with Gasteiger partial charge in [-0.1, -0.05) is 12.1 Å². The van der Waals surface area contributed by atoms with Crippen LogP contribution >= 0.6 is 0 Å². The molecule has 1 aromatic carbocycles. The lowest BCUT2D eigenvalue weighted by atomic mass is 10.1. The van der Waals surface area contributed by atoms with Crippen LogP contribution in [0.25, 0.3) is 11.1 Å². The first kappa shape index (κ1) is 12.2. The Morgan fingerprint density at radius 3 is 2.85 bits per heavy atom. The van der Waals surface area contributed by atoms with Gasteiger partial charge in [0.2, 0.25) is 0 Å². The van der Waals surface area contributed by atoms with E-state index in [1.165, 1.54) is 6.26 Å². The molecule has 0 spiro atoms. The van der Waals surface area contributed by atoms with E-state index in [2.05, 4.69) is 10.4 Å². The zero-order valence-corrected chi connectivity index (χ0v) is 10.9. The normalized spacial score (nSPS) is 10.4. The van der Waals surface area contributed by atoms with E-state index in [-0.39, 0.29) is 11.7 Å². The summed E-state index contributed by atoms with van der Waals surface area (Å²) in [5.41, 5.74) is 2.71. The maximum absolute atomic E-state index is 11.9. The van der Waals surface area contributed by atoms with Crippen molar-refractivity contribution in [1.29, 1.82) is 0 Å². The summed E-state index contributed by atoms with van der Waals surface area (Å²) in [7, 11) is 1.87. The molecular weight excluding hydrogens is 254 g/mol. The molecule has 1 amide bonds. The van der Waals surface area contributed by atoms with Crippen LogP contribution in [-0.4, -0.2) is 15.7 Å². The SMILES string of the molecule is Cn1cc(-c2cccc(NC(=O)c3ccco3)c2)cn1. The van der Waals surface area contributed by atoms with Crippen LogP contribution in [0.1, 0.15) is 10.6 Å². The van der Waals surface area contributed by atoms with E-state index < -0.39 is 0 Å². The first-order chi connectivity index (χ1) is 9.72. The number of carbonyl (C=O) groups is 1. The molecule has 5 nitrogen and oxygen atoms in total. The second-order valence-corrected chi connectivity index (χ2v) is 4.41. The summed E-state index contributed by atoms with van der Waals surface area (Å²) in [6.07, 6.45) is 5.18. The summed E-state index contributed by atoms with van der Waals surface area (Å²) >= 11 is 0. The molecule has 3 aromatic rings. The summed E-state index contributed by atoms with van der Waals surface area (Å²) < 4.78 is 6.80. The molecule has 2 aromatic heterocycles. The zero-order valence-electron chi connectivity index (χ0n) is 10.9. The Balaban J connectivity index is 1.83. The van der Waals surface area contributed by atoms with Crippen molar-refractivity contribution in [3.63, 3.8) is 0 Å². The van der Waals surface area contributed by atoms with E-state index in [0.29, 0.717) is 5.69 Å². The number of rotatable bonds is 3. The van der Waals surface area contributed by atoms with Crippen LogP contribution in [0.2, 0.25) is 0 Å². The van der Waals surface area contributed by atoms with Gasteiger partial charge in [0.15, 0.2) is 5.76 Å². The third-order valence-electron chi connectivity index (χ3n) is 2.90. The minimum atomic E-state index is -0.265. The van der Waals surface area contributed by atoms with Gasteiger partial charge in [-0.3, -0.25) is 9.48 Å². The van der Waals surface area contributed by atoms with E-state index in [1.807, 2.05) is 37.5 Å². The number of carbonyl (C=O) groups excluding carboxylic acids is 1. The Labute approximate surface area is 115 Å². The van der Waals surface area contributed by atoms with E-state index in [4.69, 9.17) is 4.42 Å². The van der Waals surface area contributed by atoms with Gasteiger partial charge in [-0.25, -0.2) is 0 Å². The number of aryl methyl sites for hydroxylation is 1. The van der Waals surface area contributed by atoms with Crippen molar-refractivity contribution < 1.29 is 9.21 Å². The fourth-order valence-electron chi connectivity index (χ4n) is 1.95. The molecule has 0 saturated heterocycles. The number of hydrogen-bond donors (Lipinski definition) is 1. The molecule has 0 fully saturated rings. The molecule has 0 aliphatic rings. The maximum Gasteiger partial charge on any atom is 0.291 e. The molecule has 0 saturated carbocycles. The number of hydrogen-bond acceptors (Lipinski definition) is 3. The maximum atomic E-state index is 11.9. The number of furan rings is 1. The minimum Gasteiger partial charge on any atom is -0.459 e. The van der Waals surface area contributed by atoms with Gasteiger partial charge < -0.3 is 9.73 Å². The average molecular weight is 267 g/mol. The molecule has 0 aliphatic carbocycles. The number of nitrogens with zero attached hydrogens (tertiary/aromatic N) is 2. The van der Waals surface area contributed by atoms with Gasteiger partial charge in [-0.15, -0.1) is 0 Å². The summed E-state index contributed by atoms with van der Waals surface area (Å²) in [6.45, 7) is 0. The number of benzene rings is 1. The smallest absolute Gasteiger partial charge is 0.291 e. The molecular formula is C15H13N3O2.